The molecule has 4 nitrogen and oxygen atoms in total. The van der Waals surface area contributed by atoms with Crippen LogP contribution in [0.15, 0.2) is 6.07 Å². The summed E-state index contributed by atoms with van der Waals surface area (Å²) < 4.78 is 40.3. The van der Waals surface area contributed by atoms with Crippen LogP contribution in [0.2, 0.25) is 0 Å². The number of rotatable bonds is 4. The minimum Gasteiger partial charge on any atom is -0.503 e. The minimum absolute atomic E-state index is 0.118. The summed E-state index contributed by atoms with van der Waals surface area (Å²) >= 11 is 0. The lowest BCUT2D eigenvalue weighted by Crippen LogP contribution is -2.42. The van der Waals surface area contributed by atoms with Crippen molar-refractivity contribution in [1.29, 1.82) is 0 Å². The second kappa shape index (κ2) is 6.34. The molecule has 1 atom stereocenters. The Morgan fingerprint density at radius 1 is 1.43 bits per heavy atom. The molecule has 1 fully saturated rings. The van der Waals surface area contributed by atoms with Gasteiger partial charge in [0.15, 0.2) is 17.4 Å². The van der Waals surface area contributed by atoms with E-state index in [4.69, 9.17) is 0 Å². The lowest BCUT2D eigenvalue weighted by molar-refractivity contribution is 0.0685. The predicted octanol–water partition coefficient (Wildman–Crippen LogP) is 2.02. The van der Waals surface area contributed by atoms with E-state index in [-0.39, 0.29) is 6.04 Å². The number of carbonyl (C=O) groups excluding carboxylic acids is 1. The zero-order valence-electron chi connectivity index (χ0n) is 11.6. The van der Waals surface area contributed by atoms with Crippen LogP contribution < -0.4 is 5.32 Å². The first-order chi connectivity index (χ1) is 9.97. The van der Waals surface area contributed by atoms with E-state index < -0.39 is 34.7 Å². The zero-order chi connectivity index (χ0) is 15.6. The van der Waals surface area contributed by atoms with E-state index in [0.29, 0.717) is 32.0 Å². The van der Waals surface area contributed by atoms with Gasteiger partial charge in [-0.15, -0.1) is 0 Å². The van der Waals surface area contributed by atoms with Gasteiger partial charge in [-0.2, -0.15) is 4.39 Å². The molecule has 1 aliphatic heterocycles. The fourth-order valence-electron chi connectivity index (χ4n) is 2.50. The number of nitrogens with zero attached hydrogens (tertiary/aromatic N) is 1. The van der Waals surface area contributed by atoms with Gasteiger partial charge < -0.3 is 15.3 Å². The van der Waals surface area contributed by atoms with Gasteiger partial charge in [0.25, 0.3) is 5.91 Å². The van der Waals surface area contributed by atoms with E-state index in [0.717, 1.165) is 6.54 Å². The van der Waals surface area contributed by atoms with Crippen LogP contribution in [0.5, 0.6) is 5.75 Å². The van der Waals surface area contributed by atoms with Gasteiger partial charge in [0, 0.05) is 19.1 Å². The molecule has 1 aromatic rings. The van der Waals surface area contributed by atoms with Gasteiger partial charge in [-0.25, -0.2) is 8.78 Å². The molecule has 7 heteroatoms. The normalized spacial score (nSPS) is 18.0. The minimum atomic E-state index is -1.69. The highest BCUT2D eigenvalue weighted by molar-refractivity contribution is 5.95. The molecule has 2 N–H and O–H groups in total. The lowest BCUT2D eigenvalue weighted by atomic mass is 10.1. The fraction of sp³-hybridized carbons (Fsp3) is 0.500. The summed E-state index contributed by atoms with van der Waals surface area (Å²) in [6.07, 6.45) is 1.36. The molecule has 0 saturated carbocycles. The van der Waals surface area contributed by atoms with E-state index in [2.05, 4.69) is 5.32 Å². The van der Waals surface area contributed by atoms with Crippen molar-refractivity contribution in [1.82, 2.24) is 10.2 Å². The number of phenols is 1. The molecule has 1 aromatic carbocycles. The van der Waals surface area contributed by atoms with Crippen LogP contribution >= 0.6 is 0 Å². The van der Waals surface area contributed by atoms with E-state index in [1.807, 2.05) is 6.92 Å². The van der Waals surface area contributed by atoms with Crippen LogP contribution in [0.4, 0.5) is 13.2 Å². The van der Waals surface area contributed by atoms with Crippen LogP contribution in [0, 0.1) is 17.5 Å². The Labute approximate surface area is 120 Å². The molecule has 0 aromatic heterocycles. The van der Waals surface area contributed by atoms with Gasteiger partial charge in [0.05, 0.1) is 5.56 Å². The highest BCUT2D eigenvalue weighted by Gasteiger charge is 2.30. The number of halogens is 3. The monoisotopic (exact) mass is 302 g/mol. The van der Waals surface area contributed by atoms with Crippen molar-refractivity contribution in [3.8, 4) is 5.75 Å². The van der Waals surface area contributed by atoms with Gasteiger partial charge in [-0.1, -0.05) is 6.92 Å². The summed E-state index contributed by atoms with van der Waals surface area (Å²) in [5.74, 6) is -6.76. The lowest BCUT2D eigenvalue weighted by Gasteiger charge is -2.28. The number of phenolic OH excluding ortho intramolecular Hbond substituents is 1. The molecule has 0 radical (unpaired) electrons. The number of hydrogen-bond acceptors (Lipinski definition) is 3. The zero-order valence-corrected chi connectivity index (χ0v) is 11.6. The van der Waals surface area contributed by atoms with Crippen molar-refractivity contribution >= 4 is 5.91 Å². The van der Waals surface area contributed by atoms with E-state index in [1.54, 1.807) is 0 Å². The maximum absolute atomic E-state index is 13.9. The second-order valence-corrected chi connectivity index (χ2v) is 5.03. The SMILES string of the molecule is CCCN(C(=O)c1cc(F)c(F)c(O)c1F)C1CCNC1. The highest BCUT2D eigenvalue weighted by atomic mass is 19.2. The molecule has 0 aliphatic carbocycles. The first-order valence-electron chi connectivity index (χ1n) is 6.85. The molecule has 1 saturated heterocycles. The fourth-order valence-corrected chi connectivity index (χ4v) is 2.50. The van der Waals surface area contributed by atoms with Crippen molar-refractivity contribution in [3.05, 3.63) is 29.1 Å². The topological polar surface area (TPSA) is 52.6 Å². The predicted molar refractivity (Wildman–Crippen MR) is 70.6 cm³/mol. The Bertz CT molecular complexity index is 546. The molecular weight excluding hydrogens is 285 g/mol. The Morgan fingerprint density at radius 2 is 2.14 bits per heavy atom. The summed E-state index contributed by atoms with van der Waals surface area (Å²) in [5.41, 5.74) is -0.647. The van der Waals surface area contributed by atoms with Gasteiger partial charge in [-0.3, -0.25) is 4.79 Å². The molecule has 21 heavy (non-hydrogen) atoms. The maximum Gasteiger partial charge on any atom is 0.257 e. The summed E-state index contributed by atoms with van der Waals surface area (Å²) in [6.45, 7) is 3.55. The van der Waals surface area contributed by atoms with Crippen molar-refractivity contribution in [2.24, 2.45) is 0 Å². The molecular formula is C14H17F3N2O2. The summed E-state index contributed by atoms with van der Waals surface area (Å²) in [6, 6.07) is 0.379. The molecule has 1 unspecified atom stereocenters. The summed E-state index contributed by atoms with van der Waals surface area (Å²) in [5, 5.41) is 12.3. The summed E-state index contributed by atoms with van der Waals surface area (Å²) in [7, 11) is 0. The molecule has 1 amide bonds. The molecule has 0 spiro atoms. The number of benzene rings is 1. The van der Waals surface area contributed by atoms with Gasteiger partial charge in [-0.05, 0) is 25.5 Å². The van der Waals surface area contributed by atoms with Crippen LogP contribution in [0.3, 0.4) is 0 Å². The average Bonchev–Trinajstić information content (AvgIpc) is 2.99. The summed E-state index contributed by atoms with van der Waals surface area (Å²) in [4.78, 5) is 13.9. The average molecular weight is 302 g/mol. The highest BCUT2D eigenvalue weighted by Crippen LogP contribution is 2.27. The van der Waals surface area contributed by atoms with Crippen LogP contribution in [0.25, 0.3) is 0 Å². The van der Waals surface area contributed by atoms with Crippen molar-refractivity contribution in [3.63, 3.8) is 0 Å². The Kier molecular flexibility index (Phi) is 4.72. The van der Waals surface area contributed by atoms with E-state index >= 15 is 0 Å². The quantitative estimate of drug-likeness (QED) is 0.837. The maximum atomic E-state index is 13.9. The van der Waals surface area contributed by atoms with Crippen molar-refractivity contribution in [2.75, 3.05) is 19.6 Å². The van der Waals surface area contributed by atoms with Gasteiger partial charge in [0.2, 0.25) is 5.82 Å². The largest absolute Gasteiger partial charge is 0.503 e. The second-order valence-electron chi connectivity index (χ2n) is 5.03. The third-order valence-electron chi connectivity index (χ3n) is 3.56. The Balaban J connectivity index is 2.36. The van der Waals surface area contributed by atoms with Crippen LogP contribution in [0.1, 0.15) is 30.1 Å². The molecule has 0 bridgehead atoms. The molecule has 1 heterocycles. The molecule has 1 aliphatic rings. The third-order valence-corrected chi connectivity index (χ3v) is 3.56. The standard InChI is InChI=1S/C14H17F3N2O2/c1-2-5-19(8-3-4-18-7-8)14(21)9-6-10(15)12(17)13(20)11(9)16/h6,8,18,20H,2-5,7H2,1H3. The first kappa shape index (κ1) is 15.6. The van der Waals surface area contributed by atoms with E-state index in [9.17, 15) is 23.1 Å². The Hall–Kier alpha value is -1.76. The number of amides is 1. The number of hydrogen-bond donors (Lipinski definition) is 2. The Morgan fingerprint density at radius 3 is 2.71 bits per heavy atom. The van der Waals surface area contributed by atoms with E-state index in [1.165, 1.54) is 4.90 Å². The van der Waals surface area contributed by atoms with Crippen molar-refractivity contribution in [2.45, 2.75) is 25.8 Å². The smallest absolute Gasteiger partial charge is 0.257 e. The van der Waals surface area contributed by atoms with Crippen molar-refractivity contribution < 1.29 is 23.1 Å². The number of carbonyl (C=O) groups is 1. The third kappa shape index (κ3) is 2.97. The van der Waals surface area contributed by atoms with Crippen LogP contribution in [-0.2, 0) is 0 Å². The number of aromatic hydroxyl groups is 1. The van der Waals surface area contributed by atoms with Crippen LogP contribution in [-0.4, -0.2) is 41.6 Å². The first-order valence-corrected chi connectivity index (χ1v) is 6.85. The van der Waals surface area contributed by atoms with Gasteiger partial charge in [0.1, 0.15) is 0 Å². The van der Waals surface area contributed by atoms with Gasteiger partial charge >= 0.3 is 0 Å². The number of nitrogens with one attached hydrogen (secondary N) is 1. The molecule has 116 valence electrons. The molecule has 2 rings (SSSR count).